The molecule has 7 heteroatoms. The van der Waals surface area contributed by atoms with Crippen LogP contribution >= 0.6 is 27.3 Å². The van der Waals surface area contributed by atoms with E-state index in [1.54, 1.807) is 17.5 Å². The Hall–Kier alpha value is -0.920. The lowest BCUT2D eigenvalue weighted by Gasteiger charge is -2.02. The van der Waals surface area contributed by atoms with Gasteiger partial charge in [0.2, 0.25) is 0 Å². The zero-order valence-corrected chi connectivity index (χ0v) is 12.0. The van der Waals surface area contributed by atoms with Gasteiger partial charge in [0.15, 0.2) is 9.84 Å². The van der Waals surface area contributed by atoms with Gasteiger partial charge in [-0.2, -0.15) is 4.98 Å². The highest BCUT2D eigenvalue weighted by atomic mass is 79.9. The molecule has 1 aromatic carbocycles. The average molecular weight is 334 g/mol. The average Bonchev–Trinajstić information content (AvgIpc) is 2.63. The number of hydrogen-bond acceptors (Lipinski definition) is 5. The summed E-state index contributed by atoms with van der Waals surface area (Å²) in [6.45, 7) is 0. The molecule has 0 N–H and O–H groups in total. The molecule has 2 rings (SSSR count). The van der Waals surface area contributed by atoms with E-state index in [4.69, 9.17) is 4.74 Å². The zero-order chi connectivity index (χ0) is 12.5. The number of halogens is 1. The van der Waals surface area contributed by atoms with Crippen LogP contribution in [0.2, 0.25) is 0 Å². The highest BCUT2D eigenvalue weighted by Crippen LogP contribution is 2.27. The standard InChI is InChI=1S/C10H8BrNO3S2/c1-17(13,14)8-4-2-7(3-5-8)15-10-12-9(11)6-16-10/h2-6H,1H3. The summed E-state index contributed by atoms with van der Waals surface area (Å²) < 4.78 is 28.7. The molecule has 0 atom stereocenters. The van der Waals surface area contributed by atoms with E-state index in [1.807, 2.05) is 0 Å². The van der Waals surface area contributed by atoms with Crippen LogP contribution in [0.25, 0.3) is 0 Å². The van der Waals surface area contributed by atoms with Crippen LogP contribution in [0.5, 0.6) is 10.9 Å². The van der Waals surface area contributed by atoms with E-state index in [9.17, 15) is 8.42 Å². The second-order valence-corrected chi connectivity index (χ2v) is 6.93. The van der Waals surface area contributed by atoms with Crippen LogP contribution in [0.15, 0.2) is 39.1 Å². The van der Waals surface area contributed by atoms with Crippen LogP contribution in [0.3, 0.4) is 0 Å². The summed E-state index contributed by atoms with van der Waals surface area (Å²) in [5.41, 5.74) is 0. The van der Waals surface area contributed by atoms with Crippen molar-refractivity contribution in [2.75, 3.05) is 6.26 Å². The summed E-state index contributed by atoms with van der Waals surface area (Å²) >= 11 is 4.58. The monoisotopic (exact) mass is 333 g/mol. The fourth-order valence-electron chi connectivity index (χ4n) is 1.14. The van der Waals surface area contributed by atoms with Crippen LogP contribution in [0.4, 0.5) is 0 Å². The van der Waals surface area contributed by atoms with Crippen molar-refractivity contribution in [3.63, 3.8) is 0 Å². The fourth-order valence-corrected chi connectivity index (χ4v) is 2.88. The Morgan fingerprint density at radius 1 is 1.29 bits per heavy atom. The Bertz CT molecular complexity index is 619. The molecule has 0 bridgehead atoms. The third kappa shape index (κ3) is 3.27. The van der Waals surface area contributed by atoms with Gasteiger partial charge >= 0.3 is 0 Å². The quantitative estimate of drug-likeness (QED) is 0.865. The Morgan fingerprint density at radius 2 is 1.94 bits per heavy atom. The second kappa shape index (κ2) is 4.75. The molecule has 2 aromatic rings. The first-order chi connectivity index (χ1) is 7.95. The summed E-state index contributed by atoms with van der Waals surface area (Å²) in [6, 6.07) is 6.22. The molecule has 0 unspecified atom stereocenters. The number of rotatable bonds is 3. The van der Waals surface area contributed by atoms with Crippen molar-refractivity contribution in [3.05, 3.63) is 34.2 Å². The lowest BCUT2D eigenvalue weighted by molar-refractivity contribution is 0.477. The van der Waals surface area contributed by atoms with Gasteiger partial charge in [-0.1, -0.05) is 11.3 Å². The van der Waals surface area contributed by atoms with E-state index in [-0.39, 0.29) is 4.90 Å². The van der Waals surface area contributed by atoms with Gasteiger partial charge in [-0.25, -0.2) is 8.42 Å². The first-order valence-electron chi connectivity index (χ1n) is 4.54. The molecule has 0 amide bonds. The summed E-state index contributed by atoms with van der Waals surface area (Å²) in [4.78, 5) is 4.34. The van der Waals surface area contributed by atoms with Gasteiger partial charge in [-0.3, -0.25) is 0 Å². The first-order valence-corrected chi connectivity index (χ1v) is 8.10. The molecule has 0 aliphatic heterocycles. The molecule has 90 valence electrons. The molecule has 17 heavy (non-hydrogen) atoms. The lowest BCUT2D eigenvalue weighted by atomic mass is 10.3. The van der Waals surface area contributed by atoms with Crippen molar-refractivity contribution >= 4 is 37.1 Å². The van der Waals surface area contributed by atoms with Crippen LogP contribution in [-0.2, 0) is 9.84 Å². The van der Waals surface area contributed by atoms with Gasteiger partial charge in [-0.05, 0) is 40.2 Å². The number of aromatic nitrogens is 1. The Balaban J connectivity index is 2.19. The number of thiazole rings is 1. The maximum absolute atomic E-state index is 11.2. The van der Waals surface area contributed by atoms with Gasteiger partial charge < -0.3 is 4.74 Å². The molecule has 0 saturated carbocycles. The third-order valence-electron chi connectivity index (χ3n) is 1.91. The van der Waals surface area contributed by atoms with Crippen LogP contribution in [0, 0.1) is 0 Å². The molecular formula is C10H8BrNO3S2. The van der Waals surface area contributed by atoms with Crippen LogP contribution in [0.1, 0.15) is 0 Å². The normalized spacial score (nSPS) is 11.4. The number of sulfone groups is 1. The fraction of sp³-hybridized carbons (Fsp3) is 0.100. The maximum atomic E-state index is 11.2. The van der Waals surface area contributed by atoms with E-state index in [2.05, 4.69) is 20.9 Å². The Morgan fingerprint density at radius 3 is 2.41 bits per heavy atom. The first kappa shape index (κ1) is 12.5. The highest BCUT2D eigenvalue weighted by Gasteiger charge is 2.07. The van der Waals surface area contributed by atoms with Crippen molar-refractivity contribution in [1.29, 1.82) is 0 Å². The Kier molecular flexibility index (Phi) is 3.50. The van der Waals surface area contributed by atoms with Crippen LogP contribution < -0.4 is 4.74 Å². The largest absolute Gasteiger partial charge is 0.431 e. The SMILES string of the molecule is CS(=O)(=O)c1ccc(Oc2nc(Br)cs2)cc1. The molecule has 1 aromatic heterocycles. The summed E-state index contributed by atoms with van der Waals surface area (Å²) in [7, 11) is -3.16. The summed E-state index contributed by atoms with van der Waals surface area (Å²) in [6.07, 6.45) is 1.17. The number of nitrogens with zero attached hydrogens (tertiary/aromatic N) is 1. The Labute approximate surface area is 111 Å². The lowest BCUT2D eigenvalue weighted by Crippen LogP contribution is -1.96. The van der Waals surface area contributed by atoms with Crippen LogP contribution in [-0.4, -0.2) is 19.7 Å². The molecule has 1 heterocycles. The minimum atomic E-state index is -3.16. The molecule has 0 radical (unpaired) electrons. The molecule has 0 spiro atoms. The molecule has 0 aliphatic carbocycles. The predicted molar refractivity (Wildman–Crippen MR) is 69.4 cm³/mol. The predicted octanol–water partition coefficient (Wildman–Crippen LogP) is 3.10. The van der Waals surface area contributed by atoms with Gasteiger partial charge in [0.05, 0.1) is 4.90 Å². The number of ether oxygens (including phenoxy) is 1. The van der Waals surface area contributed by atoms with Gasteiger partial charge in [-0.15, -0.1) is 0 Å². The molecule has 0 saturated heterocycles. The zero-order valence-electron chi connectivity index (χ0n) is 8.75. The number of benzene rings is 1. The molecule has 4 nitrogen and oxygen atoms in total. The van der Waals surface area contributed by atoms with Gasteiger partial charge in [0, 0.05) is 11.6 Å². The van der Waals surface area contributed by atoms with E-state index in [0.717, 1.165) is 0 Å². The van der Waals surface area contributed by atoms with E-state index in [1.165, 1.54) is 29.7 Å². The number of hydrogen-bond donors (Lipinski definition) is 0. The van der Waals surface area contributed by atoms with Crippen molar-refractivity contribution < 1.29 is 13.2 Å². The van der Waals surface area contributed by atoms with Crippen molar-refractivity contribution in [1.82, 2.24) is 4.98 Å². The van der Waals surface area contributed by atoms with Crippen molar-refractivity contribution in [2.24, 2.45) is 0 Å². The highest BCUT2D eigenvalue weighted by molar-refractivity contribution is 9.10. The topological polar surface area (TPSA) is 56.3 Å². The van der Waals surface area contributed by atoms with Crippen molar-refractivity contribution in [2.45, 2.75) is 4.90 Å². The maximum Gasteiger partial charge on any atom is 0.279 e. The third-order valence-corrected chi connectivity index (χ3v) is 4.47. The van der Waals surface area contributed by atoms with Crippen molar-refractivity contribution in [3.8, 4) is 10.9 Å². The second-order valence-electron chi connectivity index (χ2n) is 3.28. The molecule has 0 fully saturated rings. The van der Waals surface area contributed by atoms with E-state index < -0.39 is 9.84 Å². The van der Waals surface area contributed by atoms with Gasteiger partial charge in [0.25, 0.3) is 5.19 Å². The summed E-state index contributed by atoms with van der Waals surface area (Å²) in [5.74, 6) is 0.555. The minimum Gasteiger partial charge on any atom is -0.431 e. The van der Waals surface area contributed by atoms with E-state index >= 15 is 0 Å². The molecular weight excluding hydrogens is 326 g/mol. The summed E-state index contributed by atoms with van der Waals surface area (Å²) in [5, 5.41) is 2.31. The van der Waals surface area contributed by atoms with Gasteiger partial charge in [0.1, 0.15) is 10.4 Å². The van der Waals surface area contributed by atoms with E-state index in [0.29, 0.717) is 15.5 Å². The molecule has 0 aliphatic rings. The minimum absolute atomic E-state index is 0.269. The smallest absolute Gasteiger partial charge is 0.279 e.